The molecule has 5 heteroatoms. The molecular formula is C14H20N2O3. The van der Waals surface area contributed by atoms with E-state index >= 15 is 0 Å². The van der Waals surface area contributed by atoms with Crippen molar-refractivity contribution in [2.24, 2.45) is 0 Å². The Kier molecular flexibility index (Phi) is 4.37. The molecule has 1 N–H and O–H groups in total. The van der Waals surface area contributed by atoms with Gasteiger partial charge >= 0.3 is 0 Å². The lowest BCUT2D eigenvalue weighted by Crippen LogP contribution is -2.44. The van der Waals surface area contributed by atoms with Crippen LogP contribution in [0.3, 0.4) is 0 Å². The van der Waals surface area contributed by atoms with Crippen molar-refractivity contribution in [2.75, 3.05) is 19.7 Å². The van der Waals surface area contributed by atoms with Crippen LogP contribution in [0.1, 0.15) is 35.8 Å². The fourth-order valence-electron chi connectivity index (χ4n) is 2.41. The summed E-state index contributed by atoms with van der Waals surface area (Å²) in [6.45, 7) is 5.65. The number of nitrogens with zero attached hydrogens (tertiary/aromatic N) is 1. The molecule has 5 nitrogen and oxygen atoms in total. The van der Waals surface area contributed by atoms with Gasteiger partial charge in [0.25, 0.3) is 5.91 Å². The topological polar surface area (TPSA) is 62.4 Å². The van der Waals surface area contributed by atoms with Gasteiger partial charge in [0.15, 0.2) is 5.43 Å². The highest BCUT2D eigenvalue weighted by Crippen LogP contribution is 2.15. The van der Waals surface area contributed by atoms with Crippen LogP contribution in [0.25, 0.3) is 0 Å². The van der Waals surface area contributed by atoms with Gasteiger partial charge < -0.3 is 14.6 Å². The molecule has 1 aromatic heterocycles. The summed E-state index contributed by atoms with van der Waals surface area (Å²) < 4.78 is 5.57. The highest BCUT2D eigenvalue weighted by atomic mass is 16.5. The van der Waals surface area contributed by atoms with E-state index in [2.05, 4.69) is 4.98 Å². The molecule has 1 aromatic rings. The van der Waals surface area contributed by atoms with Gasteiger partial charge in [-0.15, -0.1) is 0 Å². The summed E-state index contributed by atoms with van der Waals surface area (Å²) >= 11 is 0. The second-order valence-electron chi connectivity index (χ2n) is 4.86. The number of piperidine rings is 1. The van der Waals surface area contributed by atoms with E-state index in [1.807, 2.05) is 6.92 Å². The summed E-state index contributed by atoms with van der Waals surface area (Å²) in [5, 5.41) is 0. The van der Waals surface area contributed by atoms with E-state index in [1.54, 1.807) is 11.8 Å². The van der Waals surface area contributed by atoms with E-state index in [-0.39, 0.29) is 23.0 Å². The first-order valence-electron chi connectivity index (χ1n) is 6.72. The van der Waals surface area contributed by atoms with E-state index < -0.39 is 0 Å². The number of rotatable bonds is 3. The Bertz CT molecular complexity index is 508. The molecule has 2 heterocycles. The quantitative estimate of drug-likeness (QED) is 0.895. The predicted molar refractivity (Wildman–Crippen MR) is 72.4 cm³/mol. The zero-order valence-electron chi connectivity index (χ0n) is 11.4. The number of pyridine rings is 1. The lowest BCUT2D eigenvalue weighted by molar-refractivity contribution is 0.00718. The van der Waals surface area contributed by atoms with Crippen LogP contribution >= 0.6 is 0 Å². The fraction of sp³-hybridized carbons (Fsp3) is 0.571. The predicted octanol–water partition coefficient (Wildman–Crippen LogP) is 1.32. The van der Waals surface area contributed by atoms with Gasteiger partial charge in [0.05, 0.1) is 6.10 Å². The van der Waals surface area contributed by atoms with Gasteiger partial charge in [-0.1, -0.05) is 0 Å². The maximum atomic E-state index is 12.3. The molecule has 1 aliphatic rings. The van der Waals surface area contributed by atoms with Gasteiger partial charge in [0.1, 0.15) is 5.56 Å². The SMILES string of the molecule is CCOC1CCCN(C(=O)c2c[nH]c(C)cc2=O)C1. The van der Waals surface area contributed by atoms with Crippen molar-refractivity contribution < 1.29 is 9.53 Å². The average molecular weight is 264 g/mol. The van der Waals surface area contributed by atoms with Crippen LogP contribution in [0, 0.1) is 6.92 Å². The van der Waals surface area contributed by atoms with Crippen LogP contribution < -0.4 is 5.43 Å². The number of carbonyl (C=O) groups is 1. The average Bonchev–Trinajstić information content (AvgIpc) is 2.39. The molecule has 2 rings (SSSR count). The number of aromatic nitrogens is 1. The third-order valence-corrected chi connectivity index (χ3v) is 3.36. The molecule has 19 heavy (non-hydrogen) atoms. The van der Waals surface area contributed by atoms with Crippen LogP contribution in [0.15, 0.2) is 17.1 Å². The molecule has 1 atom stereocenters. The molecule has 0 radical (unpaired) electrons. The Morgan fingerprint density at radius 2 is 2.37 bits per heavy atom. The second kappa shape index (κ2) is 6.02. The van der Waals surface area contributed by atoms with E-state index in [0.717, 1.165) is 18.5 Å². The number of ether oxygens (including phenoxy) is 1. The normalized spacial score (nSPS) is 19.5. The van der Waals surface area contributed by atoms with Gasteiger partial charge in [-0.2, -0.15) is 0 Å². The zero-order valence-corrected chi connectivity index (χ0v) is 11.4. The molecule has 0 spiro atoms. The molecule has 0 saturated carbocycles. The summed E-state index contributed by atoms with van der Waals surface area (Å²) in [5.41, 5.74) is 0.745. The van der Waals surface area contributed by atoms with Crippen LogP contribution in [-0.4, -0.2) is 41.6 Å². The van der Waals surface area contributed by atoms with Crippen LogP contribution in [-0.2, 0) is 4.74 Å². The number of likely N-dealkylation sites (tertiary alicyclic amines) is 1. The third-order valence-electron chi connectivity index (χ3n) is 3.36. The molecule has 0 aliphatic carbocycles. The Morgan fingerprint density at radius 1 is 1.58 bits per heavy atom. The second-order valence-corrected chi connectivity index (χ2v) is 4.86. The van der Waals surface area contributed by atoms with Gasteiger partial charge in [0, 0.05) is 37.7 Å². The molecule has 1 amide bonds. The first-order valence-corrected chi connectivity index (χ1v) is 6.72. The van der Waals surface area contributed by atoms with Gasteiger partial charge in [-0.3, -0.25) is 9.59 Å². The molecule has 104 valence electrons. The van der Waals surface area contributed by atoms with Crippen molar-refractivity contribution in [3.05, 3.63) is 33.7 Å². The minimum Gasteiger partial charge on any atom is -0.377 e. The summed E-state index contributed by atoms with van der Waals surface area (Å²) in [6, 6.07) is 1.46. The Hall–Kier alpha value is -1.62. The molecule has 1 fully saturated rings. The fourth-order valence-corrected chi connectivity index (χ4v) is 2.41. The number of H-pyrrole nitrogens is 1. The highest BCUT2D eigenvalue weighted by Gasteiger charge is 2.25. The molecule has 1 aliphatic heterocycles. The minimum absolute atomic E-state index is 0.0900. The van der Waals surface area contributed by atoms with Crippen molar-refractivity contribution >= 4 is 5.91 Å². The number of hydrogen-bond acceptors (Lipinski definition) is 3. The van der Waals surface area contributed by atoms with Crippen molar-refractivity contribution in [3.63, 3.8) is 0 Å². The number of nitrogens with one attached hydrogen (secondary N) is 1. The van der Waals surface area contributed by atoms with Crippen molar-refractivity contribution in [1.29, 1.82) is 0 Å². The lowest BCUT2D eigenvalue weighted by Gasteiger charge is -2.32. The third kappa shape index (κ3) is 3.23. The lowest BCUT2D eigenvalue weighted by atomic mass is 10.1. The summed E-state index contributed by atoms with van der Waals surface area (Å²) in [4.78, 5) is 28.8. The number of carbonyl (C=O) groups excluding carboxylic acids is 1. The number of amides is 1. The Balaban J connectivity index is 2.12. The van der Waals surface area contributed by atoms with E-state index in [4.69, 9.17) is 4.74 Å². The largest absolute Gasteiger partial charge is 0.377 e. The Morgan fingerprint density at radius 3 is 3.05 bits per heavy atom. The monoisotopic (exact) mass is 264 g/mol. The first kappa shape index (κ1) is 13.8. The van der Waals surface area contributed by atoms with Gasteiger partial charge in [-0.25, -0.2) is 0 Å². The van der Waals surface area contributed by atoms with E-state index in [9.17, 15) is 9.59 Å². The standard InChI is InChI=1S/C14H20N2O3/c1-3-19-11-5-4-6-16(9-11)14(18)12-8-15-10(2)7-13(12)17/h7-8,11H,3-6,9H2,1-2H3,(H,15,17). The van der Waals surface area contributed by atoms with E-state index in [1.165, 1.54) is 12.3 Å². The van der Waals surface area contributed by atoms with Gasteiger partial charge in [0.2, 0.25) is 0 Å². The van der Waals surface area contributed by atoms with E-state index in [0.29, 0.717) is 19.7 Å². The summed E-state index contributed by atoms with van der Waals surface area (Å²) in [6.07, 6.45) is 3.49. The van der Waals surface area contributed by atoms with Crippen molar-refractivity contribution in [3.8, 4) is 0 Å². The Labute approximate surface area is 112 Å². The van der Waals surface area contributed by atoms with Crippen molar-refractivity contribution in [1.82, 2.24) is 9.88 Å². The molecule has 0 aromatic carbocycles. The first-order chi connectivity index (χ1) is 9.11. The molecule has 0 bridgehead atoms. The number of aromatic amines is 1. The summed E-state index contributed by atoms with van der Waals surface area (Å²) in [7, 11) is 0. The number of aryl methyl sites for hydroxylation is 1. The smallest absolute Gasteiger partial charge is 0.259 e. The maximum absolute atomic E-state index is 12.3. The zero-order chi connectivity index (χ0) is 13.8. The van der Waals surface area contributed by atoms with Gasteiger partial charge in [-0.05, 0) is 26.7 Å². The molecule has 1 unspecified atom stereocenters. The molecular weight excluding hydrogens is 244 g/mol. The van der Waals surface area contributed by atoms with Crippen LogP contribution in [0.4, 0.5) is 0 Å². The highest BCUT2D eigenvalue weighted by molar-refractivity contribution is 5.93. The van der Waals surface area contributed by atoms with Crippen LogP contribution in [0.5, 0.6) is 0 Å². The molecule has 1 saturated heterocycles. The summed E-state index contributed by atoms with van der Waals surface area (Å²) in [5.74, 6) is -0.203. The van der Waals surface area contributed by atoms with Crippen LogP contribution in [0.2, 0.25) is 0 Å². The minimum atomic E-state index is -0.222. The van der Waals surface area contributed by atoms with Crippen molar-refractivity contribution in [2.45, 2.75) is 32.8 Å². The number of hydrogen-bond donors (Lipinski definition) is 1. The maximum Gasteiger partial charge on any atom is 0.259 e.